The van der Waals surface area contributed by atoms with Gasteiger partial charge >= 0.3 is 7.12 Å². The van der Waals surface area contributed by atoms with E-state index in [0.29, 0.717) is 18.7 Å². The lowest BCUT2D eigenvalue weighted by atomic mass is 9.71. The van der Waals surface area contributed by atoms with Gasteiger partial charge in [0.05, 0.1) is 17.8 Å². The van der Waals surface area contributed by atoms with Crippen LogP contribution in [0.3, 0.4) is 0 Å². The van der Waals surface area contributed by atoms with Crippen LogP contribution in [0, 0.1) is 0 Å². The van der Waals surface area contributed by atoms with Gasteiger partial charge < -0.3 is 18.9 Å². The maximum Gasteiger partial charge on any atom is 0.463 e. The molecule has 1 aromatic carbocycles. The topological polar surface area (TPSA) is 48.0 Å². The quantitative estimate of drug-likeness (QED) is 0.785. The second kappa shape index (κ2) is 6.65. The van der Waals surface area contributed by atoms with E-state index in [9.17, 15) is 4.79 Å². The van der Waals surface area contributed by atoms with Gasteiger partial charge in [-0.3, -0.25) is 4.79 Å². The van der Waals surface area contributed by atoms with E-state index in [0.717, 1.165) is 18.7 Å². The third kappa shape index (κ3) is 3.56. The van der Waals surface area contributed by atoms with Crippen molar-refractivity contribution in [1.82, 2.24) is 4.90 Å². The van der Waals surface area contributed by atoms with Crippen molar-refractivity contribution in [2.45, 2.75) is 58.1 Å². The molecule has 136 valence electrons. The highest BCUT2D eigenvalue weighted by Gasteiger charge is 2.54. The minimum absolute atomic E-state index is 0.0422. The average Bonchev–Trinajstić information content (AvgIpc) is 3.10. The van der Waals surface area contributed by atoms with Crippen LogP contribution in [-0.2, 0) is 9.31 Å². The van der Waals surface area contributed by atoms with Gasteiger partial charge in [-0.1, -0.05) is 6.07 Å². The summed E-state index contributed by atoms with van der Waals surface area (Å²) in [6.07, 6.45) is 0.897. The van der Waals surface area contributed by atoms with E-state index in [4.69, 9.17) is 14.0 Å². The van der Waals surface area contributed by atoms with E-state index < -0.39 is 0 Å². The number of nitrogens with zero attached hydrogens (tertiary/aromatic N) is 1. The maximum atomic E-state index is 12.8. The molecule has 2 heterocycles. The molecule has 0 aliphatic carbocycles. The normalized spacial score (nSPS) is 24.6. The van der Waals surface area contributed by atoms with Gasteiger partial charge in [0.25, 0.3) is 5.91 Å². The molecule has 0 aromatic heterocycles. The van der Waals surface area contributed by atoms with E-state index in [1.165, 1.54) is 0 Å². The Bertz CT molecular complexity index is 630. The smallest absolute Gasteiger partial charge is 0.463 e. The Morgan fingerprint density at radius 2 is 1.96 bits per heavy atom. The van der Waals surface area contributed by atoms with E-state index in [2.05, 4.69) is 27.7 Å². The molecule has 0 N–H and O–H groups in total. The molecule has 3 rings (SSSR count). The molecule has 6 heteroatoms. The second-order valence-electron chi connectivity index (χ2n) is 7.89. The lowest BCUT2D eigenvalue weighted by molar-refractivity contribution is 0.00578. The predicted octanol–water partition coefficient (Wildman–Crippen LogP) is 3.39. The van der Waals surface area contributed by atoms with Crippen molar-refractivity contribution in [1.29, 1.82) is 0 Å². The number of rotatable bonds is 4. The Kier molecular flexibility index (Phi) is 4.86. The van der Waals surface area contributed by atoms with E-state index in [1.54, 1.807) is 0 Å². The predicted molar refractivity (Wildman–Crippen MR) is 98.0 cm³/mol. The Hall–Kier alpha value is -1.53. The summed E-state index contributed by atoms with van der Waals surface area (Å²) in [6.45, 7) is 12.2. The molecule has 1 amide bonds. The van der Waals surface area contributed by atoms with Gasteiger partial charge in [0.15, 0.2) is 0 Å². The minimum Gasteiger partial charge on any atom is -0.494 e. The third-order valence-corrected chi connectivity index (χ3v) is 5.56. The van der Waals surface area contributed by atoms with Crippen LogP contribution in [0.25, 0.3) is 0 Å². The molecule has 0 bridgehead atoms. The summed E-state index contributed by atoms with van der Waals surface area (Å²) in [5.41, 5.74) is 0.00230. The molecule has 1 aromatic rings. The Morgan fingerprint density at radius 1 is 1.28 bits per heavy atom. The Morgan fingerprint density at radius 3 is 2.60 bits per heavy atom. The number of likely N-dealkylation sites (tertiary alicyclic amines) is 1. The summed E-state index contributed by atoms with van der Waals surface area (Å²) in [4.78, 5) is 14.7. The van der Waals surface area contributed by atoms with Gasteiger partial charge in [-0.05, 0) is 59.2 Å². The zero-order valence-electron chi connectivity index (χ0n) is 15.9. The Balaban J connectivity index is 1.65. The maximum absolute atomic E-state index is 12.8. The highest BCUT2D eigenvalue weighted by atomic mass is 16.7. The fourth-order valence-electron chi connectivity index (χ4n) is 3.34. The SMILES string of the molecule is CCOc1cccc(C(=O)N2CCC(B3OC(C)(C)C(C)(C)O3)C2)c1. The first kappa shape index (κ1) is 18.3. The van der Waals surface area contributed by atoms with Crippen LogP contribution in [-0.4, -0.2) is 48.8 Å². The number of amides is 1. The van der Waals surface area contributed by atoms with Gasteiger partial charge in [-0.15, -0.1) is 0 Å². The number of benzene rings is 1. The summed E-state index contributed by atoms with van der Waals surface area (Å²) < 4.78 is 17.8. The van der Waals surface area contributed by atoms with Gasteiger partial charge in [0, 0.05) is 24.5 Å². The van der Waals surface area contributed by atoms with E-state index >= 15 is 0 Å². The highest BCUT2D eigenvalue weighted by molar-refractivity contribution is 6.47. The molecular weight excluding hydrogens is 317 g/mol. The van der Waals surface area contributed by atoms with Crippen LogP contribution in [0.1, 0.15) is 51.4 Å². The average molecular weight is 345 g/mol. The molecule has 25 heavy (non-hydrogen) atoms. The van der Waals surface area contributed by atoms with Crippen molar-refractivity contribution < 1.29 is 18.8 Å². The van der Waals surface area contributed by atoms with Crippen molar-refractivity contribution in [3.63, 3.8) is 0 Å². The molecular formula is C19H28BNO4. The minimum atomic E-state index is -0.332. The fraction of sp³-hybridized carbons (Fsp3) is 0.632. The zero-order chi connectivity index (χ0) is 18.2. The van der Waals surface area contributed by atoms with Crippen molar-refractivity contribution >= 4 is 13.0 Å². The molecule has 0 radical (unpaired) electrons. The first-order chi connectivity index (χ1) is 11.7. The van der Waals surface area contributed by atoms with Crippen LogP contribution in [0.4, 0.5) is 0 Å². The lowest BCUT2D eigenvalue weighted by Gasteiger charge is -2.32. The summed E-state index contributed by atoms with van der Waals surface area (Å²) in [7, 11) is -0.252. The number of hydrogen-bond donors (Lipinski definition) is 0. The molecule has 2 fully saturated rings. The van der Waals surface area contributed by atoms with Gasteiger partial charge in [0.1, 0.15) is 5.75 Å². The number of carbonyl (C=O) groups excluding carboxylic acids is 1. The molecule has 1 atom stereocenters. The van der Waals surface area contributed by atoms with E-state index in [-0.39, 0.29) is 30.0 Å². The number of carbonyl (C=O) groups is 1. The molecule has 0 spiro atoms. The van der Waals surface area contributed by atoms with Gasteiger partial charge in [-0.2, -0.15) is 0 Å². The monoisotopic (exact) mass is 345 g/mol. The third-order valence-electron chi connectivity index (χ3n) is 5.56. The zero-order valence-corrected chi connectivity index (χ0v) is 15.9. The summed E-state index contributed by atoms with van der Waals surface area (Å²) in [5, 5.41) is 0. The molecule has 0 saturated carbocycles. The van der Waals surface area contributed by atoms with Gasteiger partial charge in [0.2, 0.25) is 0 Å². The molecule has 5 nitrogen and oxygen atoms in total. The molecule has 2 aliphatic rings. The first-order valence-electron chi connectivity index (χ1n) is 9.11. The van der Waals surface area contributed by atoms with Crippen molar-refractivity contribution in [3.8, 4) is 5.75 Å². The van der Waals surface area contributed by atoms with Crippen LogP contribution in [0.2, 0.25) is 5.82 Å². The van der Waals surface area contributed by atoms with Crippen LogP contribution < -0.4 is 4.74 Å². The summed E-state index contributed by atoms with van der Waals surface area (Å²) >= 11 is 0. The van der Waals surface area contributed by atoms with Crippen LogP contribution in [0.5, 0.6) is 5.75 Å². The highest BCUT2D eigenvalue weighted by Crippen LogP contribution is 2.42. The van der Waals surface area contributed by atoms with Gasteiger partial charge in [-0.25, -0.2) is 0 Å². The fourth-order valence-corrected chi connectivity index (χ4v) is 3.34. The standard InChI is InChI=1S/C19H28BNO4/c1-6-23-16-9-7-8-14(12-16)17(22)21-11-10-15(13-21)20-24-18(2,3)19(4,5)25-20/h7-9,12,15H,6,10-11,13H2,1-5H3. The summed E-state index contributed by atoms with van der Waals surface area (Å²) in [6, 6.07) is 7.39. The Labute approximate surface area is 150 Å². The second-order valence-corrected chi connectivity index (χ2v) is 7.89. The van der Waals surface area contributed by atoms with Crippen LogP contribution in [0.15, 0.2) is 24.3 Å². The molecule has 1 unspecified atom stereocenters. The van der Waals surface area contributed by atoms with Crippen molar-refractivity contribution in [3.05, 3.63) is 29.8 Å². The molecule has 2 saturated heterocycles. The van der Waals surface area contributed by atoms with Crippen LogP contribution >= 0.6 is 0 Å². The van der Waals surface area contributed by atoms with Crippen molar-refractivity contribution in [2.75, 3.05) is 19.7 Å². The van der Waals surface area contributed by atoms with E-state index in [1.807, 2.05) is 36.1 Å². The number of ether oxygens (including phenoxy) is 1. The molecule has 2 aliphatic heterocycles. The summed E-state index contributed by atoms with van der Waals surface area (Å²) in [5.74, 6) is 0.982. The van der Waals surface area contributed by atoms with Crippen molar-refractivity contribution in [2.24, 2.45) is 0 Å². The lowest BCUT2D eigenvalue weighted by Crippen LogP contribution is -2.41. The first-order valence-corrected chi connectivity index (χ1v) is 9.11. The largest absolute Gasteiger partial charge is 0.494 e. The number of hydrogen-bond acceptors (Lipinski definition) is 4.